The molecule has 2 heterocycles. The van der Waals surface area contributed by atoms with Crippen LogP contribution in [-0.4, -0.2) is 21.3 Å². The fourth-order valence-electron chi connectivity index (χ4n) is 3.34. The number of halogens is 2. The Kier molecular flexibility index (Phi) is 5.61. The van der Waals surface area contributed by atoms with Crippen molar-refractivity contribution in [2.45, 2.75) is 18.9 Å². The summed E-state index contributed by atoms with van der Waals surface area (Å²) in [6.45, 7) is 0.544. The van der Waals surface area contributed by atoms with E-state index in [0.717, 1.165) is 23.1 Å². The number of benzene rings is 2. The van der Waals surface area contributed by atoms with E-state index in [1.807, 2.05) is 12.1 Å². The summed E-state index contributed by atoms with van der Waals surface area (Å²) in [5.74, 6) is 0.623. The lowest BCUT2D eigenvalue weighted by Gasteiger charge is -2.20. The zero-order chi connectivity index (χ0) is 21.3. The Morgan fingerprint density at radius 2 is 1.97 bits per heavy atom. The lowest BCUT2D eigenvalue weighted by Crippen LogP contribution is -2.23. The molecule has 1 N–H and O–H groups in total. The maximum absolute atomic E-state index is 12.8. The normalized spacial score (nSPS) is 15.6. The largest absolute Gasteiger partial charge is 0.492 e. The Morgan fingerprint density at radius 1 is 1.20 bits per heavy atom. The second kappa shape index (κ2) is 8.33. The maximum atomic E-state index is 12.8. The third-order valence-corrected chi connectivity index (χ3v) is 5.47. The number of non-ortho nitro benzene ring substituents is 1. The predicted molar refractivity (Wildman–Crippen MR) is 114 cm³/mol. The smallest absolute Gasteiger partial charge is 0.292 e. The van der Waals surface area contributed by atoms with E-state index in [0.29, 0.717) is 28.8 Å². The molecule has 8 nitrogen and oxygen atoms in total. The molecule has 154 valence electrons. The number of fused-ring (bicyclic) bond motifs is 1. The van der Waals surface area contributed by atoms with E-state index in [-0.39, 0.29) is 16.8 Å². The molecule has 1 aliphatic rings. The second-order valence-electron chi connectivity index (χ2n) is 6.71. The molecule has 0 aliphatic carbocycles. The number of hydrogen-bond donors (Lipinski definition) is 1. The summed E-state index contributed by atoms with van der Waals surface area (Å²) in [6.07, 6.45) is 3.02. The third-order valence-electron chi connectivity index (χ3n) is 4.81. The van der Waals surface area contributed by atoms with Crippen molar-refractivity contribution < 1.29 is 9.66 Å². The van der Waals surface area contributed by atoms with Gasteiger partial charge in [0.05, 0.1) is 40.2 Å². The van der Waals surface area contributed by atoms with Gasteiger partial charge in [-0.25, -0.2) is 0 Å². The number of nitro groups is 1. The van der Waals surface area contributed by atoms with Crippen LogP contribution in [0.5, 0.6) is 5.75 Å². The molecule has 0 saturated heterocycles. The quantitative estimate of drug-likeness (QED) is 0.457. The van der Waals surface area contributed by atoms with E-state index in [1.54, 1.807) is 6.07 Å². The highest BCUT2D eigenvalue weighted by molar-refractivity contribution is 6.33. The number of nitro benzene ring substituents is 1. The summed E-state index contributed by atoms with van der Waals surface area (Å²) in [5.41, 5.74) is 1.03. The van der Waals surface area contributed by atoms with Gasteiger partial charge in [0.25, 0.3) is 11.2 Å². The highest BCUT2D eigenvalue weighted by Crippen LogP contribution is 2.39. The lowest BCUT2D eigenvalue weighted by atomic mass is 10.0. The number of ether oxygens (including phenoxy) is 1. The summed E-state index contributed by atoms with van der Waals surface area (Å²) in [7, 11) is 0. The van der Waals surface area contributed by atoms with Gasteiger partial charge in [-0.1, -0.05) is 35.3 Å². The third kappa shape index (κ3) is 3.83. The van der Waals surface area contributed by atoms with Gasteiger partial charge in [-0.3, -0.25) is 14.9 Å². The van der Waals surface area contributed by atoms with Crippen molar-refractivity contribution in [1.29, 1.82) is 0 Å². The minimum Gasteiger partial charge on any atom is -0.492 e. The van der Waals surface area contributed by atoms with Crippen LogP contribution in [0.2, 0.25) is 10.0 Å². The number of aromatic nitrogens is 2. The van der Waals surface area contributed by atoms with Gasteiger partial charge in [0.15, 0.2) is 0 Å². The van der Waals surface area contributed by atoms with Gasteiger partial charge in [0, 0.05) is 17.7 Å². The van der Waals surface area contributed by atoms with Crippen molar-refractivity contribution in [2.24, 2.45) is 0 Å². The lowest BCUT2D eigenvalue weighted by molar-refractivity contribution is -0.384. The first kappa shape index (κ1) is 20.2. The van der Waals surface area contributed by atoms with Crippen LogP contribution in [0, 0.1) is 10.1 Å². The molecule has 10 heteroatoms. The monoisotopic (exact) mass is 446 g/mol. The summed E-state index contributed by atoms with van der Waals surface area (Å²) in [5, 5.41) is 18.8. The van der Waals surface area contributed by atoms with Crippen LogP contribution in [0.3, 0.4) is 0 Å². The first-order valence-electron chi connectivity index (χ1n) is 9.16. The fraction of sp³-hybridized carbons (Fsp3) is 0.200. The number of anilines is 1. The van der Waals surface area contributed by atoms with Crippen LogP contribution < -0.4 is 15.6 Å². The Balaban J connectivity index is 1.66. The van der Waals surface area contributed by atoms with Gasteiger partial charge in [-0.2, -0.15) is 9.78 Å². The molecular weight excluding hydrogens is 431 g/mol. The Hall–Kier alpha value is -3.10. The molecule has 0 radical (unpaired) electrons. The molecular formula is C20H16Cl2N4O4. The number of para-hydroxylation sites is 1. The van der Waals surface area contributed by atoms with Crippen LogP contribution in [0.4, 0.5) is 11.4 Å². The van der Waals surface area contributed by atoms with Gasteiger partial charge in [-0.05, 0) is 31.0 Å². The number of hydrogen-bond acceptors (Lipinski definition) is 6. The van der Waals surface area contributed by atoms with Crippen molar-refractivity contribution in [2.75, 3.05) is 11.9 Å². The number of nitrogens with zero attached hydrogens (tertiary/aromatic N) is 3. The molecule has 1 unspecified atom stereocenters. The number of rotatable bonds is 4. The average Bonchev–Trinajstić information content (AvgIpc) is 2.95. The minimum atomic E-state index is -0.535. The second-order valence-corrected chi connectivity index (χ2v) is 7.49. The average molecular weight is 447 g/mol. The molecule has 1 aromatic heterocycles. The topological polar surface area (TPSA) is 99.3 Å². The molecule has 0 spiro atoms. The predicted octanol–water partition coefficient (Wildman–Crippen LogP) is 4.77. The minimum absolute atomic E-state index is 0.0305. The van der Waals surface area contributed by atoms with E-state index >= 15 is 0 Å². The van der Waals surface area contributed by atoms with E-state index in [1.165, 1.54) is 30.5 Å². The van der Waals surface area contributed by atoms with Gasteiger partial charge >= 0.3 is 0 Å². The van der Waals surface area contributed by atoms with Gasteiger partial charge in [-0.15, -0.1) is 0 Å². The molecule has 0 fully saturated rings. The van der Waals surface area contributed by atoms with Crippen molar-refractivity contribution in [3.8, 4) is 11.4 Å². The summed E-state index contributed by atoms with van der Waals surface area (Å²) < 4.78 is 6.87. The van der Waals surface area contributed by atoms with Crippen molar-refractivity contribution in [1.82, 2.24) is 9.78 Å². The van der Waals surface area contributed by atoms with E-state index < -0.39 is 10.5 Å². The standard InChI is InChI=1S/C20H16Cl2N4O4/c21-15-4-1-3-14-16(5-2-10-30-19(14)15)24-17-11-23-25(20(27)18(17)22)12-6-8-13(9-7-12)26(28)29/h1,3-4,6-9,11,16,24H,2,5,10H2. The highest BCUT2D eigenvalue weighted by Gasteiger charge is 2.23. The van der Waals surface area contributed by atoms with Crippen LogP contribution in [-0.2, 0) is 0 Å². The Bertz CT molecular complexity index is 1160. The summed E-state index contributed by atoms with van der Waals surface area (Å²) >= 11 is 12.6. The van der Waals surface area contributed by atoms with Crippen LogP contribution in [0.25, 0.3) is 5.69 Å². The molecule has 1 aliphatic heterocycles. The van der Waals surface area contributed by atoms with Crippen LogP contribution >= 0.6 is 23.2 Å². The van der Waals surface area contributed by atoms with E-state index in [9.17, 15) is 14.9 Å². The zero-order valence-electron chi connectivity index (χ0n) is 15.5. The first-order chi connectivity index (χ1) is 14.5. The van der Waals surface area contributed by atoms with Crippen LogP contribution in [0.1, 0.15) is 24.4 Å². The summed E-state index contributed by atoms with van der Waals surface area (Å²) in [6, 6.07) is 10.9. The molecule has 0 amide bonds. The van der Waals surface area contributed by atoms with Crippen molar-refractivity contribution in [3.05, 3.63) is 84.7 Å². The van der Waals surface area contributed by atoms with Gasteiger partial charge < -0.3 is 10.1 Å². The maximum Gasteiger partial charge on any atom is 0.292 e. The molecule has 3 aromatic rings. The van der Waals surface area contributed by atoms with Crippen LogP contribution in [0.15, 0.2) is 53.5 Å². The van der Waals surface area contributed by atoms with Gasteiger partial charge in [0.1, 0.15) is 10.8 Å². The molecule has 4 rings (SSSR count). The molecule has 30 heavy (non-hydrogen) atoms. The zero-order valence-corrected chi connectivity index (χ0v) is 17.1. The van der Waals surface area contributed by atoms with Crippen molar-refractivity contribution in [3.63, 3.8) is 0 Å². The first-order valence-corrected chi connectivity index (χ1v) is 9.91. The van der Waals surface area contributed by atoms with Crippen molar-refractivity contribution >= 4 is 34.6 Å². The molecule has 0 saturated carbocycles. The number of nitrogens with one attached hydrogen (secondary N) is 1. The van der Waals surface area contributed by atoms with E-state index in [4.69, 9.17) is 27.9 Å². The Labute approximate surface area is 181 Å². The highest BCUT2D eigenvalue weighted by atomic mass is 35.5. The Morgan fingerprint density at radius 3 is 2.70 bits per heavy atom. The summed E-state index contributed by atoms with van der Waals surface area (Å²) in [4.78, 5) is 23.1. The van der Waals surface area contributed by atoms with Gasteiger partial charge in [0.2, 0.25) is 0 Å². The van der Waals surface area contributed by atoms with E-state index in [2.05, 4.69) is 10.4 Å². The molecule has 1 atom stereocenters. The molecule has 0 bridgehead atoms. The SMILES string of the molecule is O=c1c(Cl)c(NC2CCCOc3c(Cl)cccc32)cnn1-c1ccc([N+](=O)[O-])cc1. The fourth-order valence-corrected chi connectivity index (χ4v) is 3.76. The molecule has 2 aromatic carbocycles.